The molecule has 4 heterocycles. The van der Waals surface area contributed by atoms with Crippen molar-refractivity contribution in [3.8, 4) is 0 Å². The Kier molecular flexibility index (Phi) is 7.64. The Morgan fingerprint density at radius 2 is 1.67 bits per heavy atom. The second kappa shape index (κ2) is 11.0. The summed E-state index contributed by atoms with van der Waals surface area (Å²) in [6, 6.07) is 9.90. The van der Waals surface area contributed by atoms with E-state index in [0.717, 1.165) is 30.6 Å². The second-order valence-corrected chi connectivity index (χ2v) is 12.8. The summed E-state index contributed by atoms with van der Waals surface area (Å²) in [7, 11) is -2.13. The van der Waals surface area contributed by atoms with Gasteiger partial charge in [-0.2, -0.15) is 9.40 Å². The number of anilines is 1. The van der Waals surface area contributed by atoms with Crippen molar-refractivity contribution in [1.29, 1.82) is 0 Å². The Hall–Kier alpha value is -3.44. The van der Waals surface area contributed by atoms with Crippen LogP contribution in [-0.4, -0.2) is 72.4 Å². The van der Waals surface area contributed by atoms with E-state index in [1.807, 2.05) is 23.2 Å². The van der Waals surface area contributed by atoms with Crippen molar-refractivity contribution in [2.24, 2.45) is 11.8 Å². The van der Waals surface area contributed by atoms with Gasteiger partial charge in [-0.1, -0.05) is 13.8 Å². The third kappa shape index (κ3) is 5.65. The molecule has 39 heavy (non-hydrogen) atoms. The number of hydrogen-bond acceptors (Lipinski definition) is 5. The summed E-state index contributed by atoms with van der Waals surface area (Å²) in [5.41, 5.74) is 3.03. The van der Waals surface area contributed by atoms with Gasteiger partial charge in [-0.15, -0.1) is 0 Å². The number of urea groups is 1. The van der Waals surface area contributed by atoms with Crippen LogP contribution in [0.4, 0.5) is 10.5 Å². The van der Waals surface area contributed by atoms with Gasteiger partial charge in [0, 0.05) is 45.1 Å². The first-order chi connectivity index (χ1) is 18.7. The SMILES string of the molecule is CNC(=O)Nc1ccc(S(=O)(=O)N2CCC(c3ccn4ncc(C(=O)N5CC(C)CC(C)C5)c4c3)CC2)cc1. The van der Waals surface area contributed by atoms with Gasteiger partial charge >= 0.3 is 6.03 Å². The van der Waals surface area contributed by atoms with Crippen molar-refractivity contribution in [3.63, 3.8) is 0 Å². The van der Waals surface area contributed by atoms with Gasteiger partial charge in [0.1, 0.15) is 0 Å². The standard InChI is InChI=1S/C28H36N6O4S/c1-19-14-20(2)18-32(17-19)27(35)25-16-30-34-13-10-22(15-26(25)34)21-8-11-33(12-9-21)39(37,38)24-6-4-23(5-7-24)31-28(36)29-3/h4-7,10,13,15-16,19-21H,8-9,11-12,14,17-18H2,1-3H3,(H2,29,31,36). The van der Waals surface area contributed by atoms with Crippen molar-refractivity contribution in [2.75, 3.05) is 38.5 Å². The first-order valence-corrected chi connectivity index (χ1v) is 14.9. The maximum absolute atomic E-state index is 13.4. The van der Waals surface area contributed by atoms with Crippen molar-refractivity contribution in [1.82, 2.24) is 24.1 Å². The summed E-state index contributed by atoms with van der Waals surface area (Å²) in [6.07, 6.45) is 6.06. The highest BCUT2D eigenvalue weighted by Crippen LogP contribution is 2.32. The summed E-state index contributed by atoms with van der Waals surface area (Å²) in [5.74, 6) is 1.17. The highest BCUT2D eigenvalue weighted by molar-refractivity contribution is 7.89. The van der Waals surface area contributed by atoms with E-state index in [1.54, 1.807) is 22.8 Å². The maximum Gasteiger partial charge on any atom is 0.318 e. The number of piperidine rings is 2. The zero-order valence-electron chi connectivity index (χ0n) is 22.6. The molecule has 0 radical (unpaired) electrons. The fraction of sp³-hybridized carbons (Fsp3) is 0.464. The predicted molar refractivity (Wildman–Crippen MR) is 149 cm³/mol. The van der Waals surface area contributed by atoms with E-state index < -0.39 is 10.0 Å². The van der Waals surface area contributed by atoms with E-state index in [1.165, 1.54) is 23.5 Å². The van der Waals surface area contributed by atoms with Gasteiger partial charge in [-0.25, -0.2) is 17.7 Å². The van der Waals surface area contributed by atoms with E-state index in [0.29, 0.717) is 49.0 Å². The molecule has 2 fully saturated rings. The summed E-state index contributed by atoms with van der Waals surface area (Å²) >= 11 is 0. The molecule has 2 aromatic heterocycles. The second-order valence-electron chi connectivity index (χ2n) is 10.9. The average molecular weight is 553 g/mol. The van der Waals surface area contributed by atoms with Gasteiger partial charge in [-0.05, 0) is 79.0 Å². The summed E-state index contributed by atoms with van der Waals surface area (Å²) in [4.78, 5) is 27.1. The molecule has 10 nitrogen and oxygen atoms in total. The Labute approximate surface area is 229 Å². The topological polar surface area (TPSA) is 116 Å². The third-order valence-electron chi connectivity index (χ3n) is 7.83. The molecular formula is C28H36N6O4S. The number of pyridine rings is 1. The van der Waals surface area contributed by atoms with Gasteiger partial charge in [0.05, 0.1) is 22.2 Å². The lowest BCUT2D eigenvalue weighted by Crippen LogP contribution is -2.42. The largest absolute Gasteiger partial charge is 0.341 e. The normalized spacial score (nSPS) is 21.2. The fourth-order valence-corrected chi connectivity index (χ4v) is 7.37. The summed E-state index contributed by atoms with van der Waals surface area (Å²) in [5, 5.41) is 9.51. The Morgan fingerprint density at radius 3 is 2.31 bits per heavy atom. The quantitative estimate of drug-likeness (QED) is 0.500. The summed E-state index contributed by atoms with van der Waals surface area (Å²) < 4.78 is 29.8. The molecule has 0 saturated carbocycles. The number of benzene rings is 1. The lowest BCUT2D eigenvalue weighted by Gasteiger charge is -2.34. The highest BCUT2D eigenvalue weighted by atomic mass is 32.2. The molecule has 3 aromatic rings. The third-order valence-corrected chi connectivity index (χ3v) is 9.75. The fourth-order valence-electron chi connectivity index (χ4n) is 5.90. The van der Waals surface area contributed by atoms with Crippen LogP contribution in [0, 0.1) is 11.8 Å². The number of nitrogens with zero attached hydrogens (tertiary/aromatic N) is 4. The van der Waals surface area contributed by atoms with E-state index in [2.05, 4.69) is 29.6 Å². The van der Waals surface area contributed by atoms with Crippen molar-refractivity contribution < 1.29 is 18.0 Å². The lowest BCUT2D eigenvalue weighted by molar-refractivity contribution is 0.0625. The number of nitrogens with one attached hydrogen (secondary N) is 2. The van der Waals surface area contributed by atoms with E-state index in [9.17, 15) is 18.0 Å². The monoisotopic (exact) mass is 552 g/mol. The van der Waals surface area contributed by atoms with E-state index in [-0.39, 0.29) is 22.8 Å². The Bertz CT molecular complexity index is 1450. The zero-order valence-corrected chi connectivity index (χ0v) is 23.4. The van der Waals surface area contributed by atoms with Crippen LogP contribution in [0.1, 0.15) is 54.9 Å². The van der Waals surface area contributed by atoms with Crippen LogP contribution < -0.4 is 10.6 Å². The van der Waals surface area contributed by atoms with Gasteiger partial charge in [-0.3, -0.25) is 4.79 Å². The number of likely N-dealkylation sites (tertiary alicyclic amines) is 1. The summed E-state index contributed by atoms with van der Waals surface area (Å²) in [6.45, 7) is 6.73. The van der Waals surface area contributed by atoms with Crippen LogP contribution in [0.25, 0.3) is 5.52 Å². The molecule has 0 bridgehead atoms. The number of aromatic nitrogens is 2. The number of carbonyl (C=O) groups is 2. The molecule has 1 aromatic carbocycles. The van der Waals surface area contributed by atoms with Crippen molar-refractivity contribution in [3.05, 3.63) is 59.9 Å². The molecule has 2 aliphatic rings. The lowest BCUT2D eigenvalue weighted by atomic mass is 9.90. The van der Waals surface area contributed by atoms with Gasteiger partial charge in [0.2, 0.25) is 10.0 Å². The molecule has 2 aliphatic heterocycles. The number of carbonyl (C=O) groups excluding carboxylic acids is 2. The molecule has 11 heteroatoms. The number of fused-ring (bicyclic) bond motifs is 1. The van der Waals surface area contributed by atoms with Gasteiger partial charge in [0.25, 0.3) is 5.91 Å². The first kappa shape index (κ1) is 27.1. The van der Waals surface area contributed by atoms with Crippen LogP contribution in [0.2, 0.25) is 0 Å². The number of rotatable bonds is 5. The van der Waals surface area contributed by atoms with Crippen LogP contribution >= 0.6 is 0 Å². The molecule has 0 spiro atoms. The smallest absolute Gasteiger partial charge is 0.318 e. The van der Waals surface area contributed by atoms with Crippen LogP contribution in [-0.2, 0) is 10.0 Å². The van der Waals surface area contributed by atoms with Gasteiger partial charge in [0.15, 0.2) is 0 Å². The molecule has 2 saturated heterocycles. The first-order valence-electron chi connectivity index (χ1n) is 13.5. The van der Waals surface area contributed by atoms with E-state index in [4.69, 9.17) is 0 Å². The minimum Gasteiger partial charge on any atom is -0.341 e. The number of hydrogen-bond donors (Lipinski definition) is 2. The molecular weight excluding hydrogens is 516 g/mol. The van der Waals surface area contributed by atoms with Crippen LogP contribution in [0.5, 0.6) is 0 Å². The Morgan fingerprint density at radius 1 is 1.00 bits per heavy atom. The van der Waals surface area contributed by atoms with Crippen molar-refractivity contribution in [2.45, 2.75) is 43.9 Å². The van der Waals surface area contributed by atoms with Crippen LogP contribution in [0.15, 0.2) is 53.7 Å². The van der Waals surface area contributed by atoms with E-state index >= 15 is 0 Å². The molecule has 208 valence electrons. The maximum atomic E-state index is 13.4. The number of amides is 3. The van der Waals surface area contributed by atoms with Gasteiger partial charge < -0.3 is 15.5 Å². The molecule has 2 atom stereocenters. The molecule has 3 amide bonds. The Balaban J connectivity index is 1.27. The van der Waals surface area contributed by atoms with Crippen LogP contribution in [0.3, 0.4) is 0 Å². The average Bonchev–Trinajstić information content (AvgIpc) is 3.35. The molecule has 0 aliphatic carbocycles. The molecule has 2 N–H and O–H groups in total. The van der Waals surface area contributed by atoms with Crippen molar-refractivity contribution >= 4 is 33.2 Å². The minimum atomic E-state index is -3.64. The zero-order chi connectivity index (χ0) is 27.7. The highest BCUT2D eigenvalue weighted by Gasteiger charge is 2.31. The predicted octanol–water partition coefficient (Wildman–Crippen LogP) is 3.77. The number of sulfonamides is 1. The molecule has 2 unspecified atom stereocenters. The minimum absolute atomic E-state index is 0.0259. The molecule has 5 rings (SSSR count).